The highest BCUT2D eigenvalue weighted by Gasteiger charge is 2.54. The molecule has 1 fully saturated rings. The number of rotatable bonds is 13. The number of ketones is 2. The van der Waals surface area contributed by atoms with Gasteiger partial charge in [-0.25, -0.2) is 0 Å². The fourth-order valence-electron chi connectivity index (χ4n) is 5.41. The van der Waals surface area contributed by atoms with Crippen LogP contribution in [0, 0.1) is 25.7 Å². The molecule has 46 heavy (non-hydrogen) atoms. The number of aryl methyl sites for hydroxylation is 2. The highest BCUT2D eigenvalue weighted by molar-refractivity contribution is 6.34. The van der Waals surface area contributed by atoms with Gasteiger partial charge in [0, 0.05) is 18.8 Å². The molecule has 0 radical (unpaired) electrons. The maximum atomic E-state index is 13.6. The minimum absolute atomic E-state index is 0.0678. The second-order valence-corrected chi connectivity index (χ2v) is 11.6. The van der Waals surface area contributed by atoms with Crippen molar-refractivity contribution in [2.45, 2.75) is 59.9 Å². The summed E-state index contributed by atoms with van der Waals surface area (Å²) in [5.74, 6) is -5.92. The molecule has 0 saturated carbocycles. The standard InChI is InChI=1S/C35H38ClN3O7/c1-6-27(46-28-16-13-20(3)17-21(28)4)32(42)37-24-14-15-25(36)26(18-24)38-33(43)29(22(5)40)30-31(41)35(45-7-2)39(34(30)44)19-23-11-9-8-10-12-23/h8-18,27,29-30,35H,6-7,19H2,1-5H3,(H,37,42)(H,38,43). The first-order chi connectivity index (χ1) is 21.9. The summed E-state index contributed by atoms with van der Waals surface area (Å²) in [6.07, 6.45) is -1.64. The summed E-state index contributed by atoms with van der Waals surface area (Å²) in [6.45, 7) is 8.75. The number of ether oxygens (including phenoxy) is 2. The number of hydrogen-bond donors (Lipinski definition) is 2. The fourth-order valence-corrected chi connectivity index (χ4v) is 5.58. The molecule has 0 bridgehead atoms. The molecular formula is C35H38ClN3O7. The van der Waals surface area contributed by atoms with Crippen molar-refractivity contribution in [2.24, 2.45) is 11.8 Å². The summed E-state index contributed by atoms with van der Waals surface area (Å²) < 4.78 is 11.6. The van der Waals surface area contributed by atoms with E-state index in [0.717, 1.165) is 23.6 Å². The third-order valence-corrected chi connectivity index (χ3v) is 8.04. The van der Waals surface area contributed by atoms with Gasteiger partial charge in [-0.15, -0.1) is 0 Å². The van der Waals surface area contributed by atoms with Gasteiger partial charge in [-0.3, -0.25) is 24.0 Å². The topological polar surface area (TPSA) is 131 Å². The molecule has 0 aromatic heterocycles. The van der Waals surface area contributed by atoms with Crippen LogP contribution in [0.25, 0.3) is 0 Å². The molecular weight excluding hydrogens is 610 g/mol. The lowest BCUT2D eigenvalue weighted by Gasteiger charge is -2.23. The maximum Gasteiger partial charge on any atom is 0.265 e. The molecule has 3 aromatic carbocycles. The molecule has 1 saturated heterocycles. The predicted octanol–water partition coefficient (Wildman–Crippen LogP) is 5.49. The third kappa shape index (κ3) is 7.81. The van der Waals surface area contributed by atoms with E-state index in [1.807, 2.05) is 45.0 Å². The lowest BCUT2D eigenvalue weighted by molar-refractivity contribution is -0.144. The van der Waals surface area contributed by atoms with Gasteiger partial charge < -0.3 is 25.0 Å². The summed E-state index contributed by atoms with van der Waals surface area (Å²) in [7, 11) is 0. The van der Waals surface area contributed by atoms with Crippen molar-refractivity contribution in [1.82, 2.24) is 4.90 Å². The molecule has 11 heteroatoms. The fraction of sp³-hybridized carbons (Fsp3) is 0.343. The molecule has 4 atom stereocenters. The van der Waals surface area contributed by atoms with E-state index in [9.17, 15) is 24.0 Å². The van der Waals surface area contributed by atoms with Gasteiger partial charge in [-0.1, -0.05) is 66.6 Å². The summed E-state index contributed by atoms with van der Waals surface area (Å²) in [4.78, 5) is 68.0. The molecule has 1 aliphatic heterocycles. The van der Waals surface area contributed by atoms with Crippen molar-refractivity contribution in [3.8, 4) is 5.75 Å². The molecule has 3 amide bonds. The molecule has 10 nitrogen and oxygen atoms in total. The van der Waals surface area contributed by atoms with Crippen LogP contribution < -0.4 is 15.4 Å². The van der Waals surface area contributed by atoms with Gasteiger partial charge in [0.05, 0.1) is 10.7 Å². The zero-order valence-electron chi connectivity index (χ0n) is 26.5. The number of benzene rings is 3. The molecule has 1 aliphatic rings. The number of carbonyl (C=O) groups excluding carboxylic acids is 5. The van der Waals surface area contributed by atoms with Gasteiger partial charge >= 0.3 is 0 Å². The average molecular weight is 648 g/mol. The number of hydrogen-bond acceptors (Lipinski definition) is 7. The quantitative estimate of drug-likeness (QED) is 0.235. The first kappa shape index (κ1) is 34.3. The average Bonchev–Trinajstić information content (AvgIpc) is 3.23. The van der Waals surface area contributed by atoms with E-state index >= 15 is 0 Å². The molecule has 0 spiro atoms. The van der Waals surface area contributed by atoms with Crippen LogP contribution in [-0.2, 0) is 35.3 Å². The minimum Gasteiger partial charge on any atom is -0.480 e. The lowest BCUT2D eigenvalue weighted by atomic mass is 9.86. The monoisotopic (exact) mass is 647 g/mol. The van der Waals surface area contributed by atoms with Crippen LogP contribution in [0.3, 0.4) is 0 Å². The van der Waals surface area contributed by atoms with E-state index in [4.69, 9.17) is 21.1 Å². The van der Waals surface area contributed by atoms with Crippen LogP contribution in [0.2, 0.25) is 5.02 Å². The van der Waals surface area contributed by atoms with Crippen LogP contribution >= 0.6 is 11.6 Å². The molecule has 0 aliphatic carbocycles. The number of amides is 3. The van der Waals surface area contributed by atoms with Crippen molar-refractivity contribution in [3.63, 3.8) is 0 Å². The Kier molecular flexibility index (Phi) is 11.3. The number of Topliss-reactive ketones (excluding diaryl/α,β-unsaturated/α-hetero) is 2. The Morgan fingerprint density at radius 1 is 0.935 bits per heavy atom. The summed E-state index contributed by atoms with van der Waals surface area (Å²) in [5, 5.41) is 5.49. The Balaban J connectivity index is 1.52. The van der Waals surface area contributed by atoms with Gasteiger partial charge in [-0.2, -0.15) is 0 Å². The second kappa shape index (κ2) is 15.2. The van der Waals surface area contributed by atoms with Crippen molar-refractivity contribution >= 4 is 52.3 Å². The molecule has 2 N–H and O–H groups in total. The predicted molar refractivity (Wildman–Crippen MR) is 174 cm³/mol. The number of likely N-dealkylation sites (tertiary alicyclic amines) is 1. The molecule has 3 aromatic rings. The SMILES string of the molecule is CCOC1C(=O)C(C(C(C)=O)C(=O)Nc2cc(NC(=O)C(CC)Oc3ccc(C)cc3C)ccc2Cl)C(=O)N1Cc1ccccc1. The third-order valence-electron chi connectivity index (χ3n) is 7.71. The summed E-state index contributed by atoms with van der Waals surface area (Å²) >= 11 is 6.38. The van der Waals surface area contributed by atoms with E-state index in [1.54, 1.807) is 37.3 Å². The number of halogens is 1. The van der Waals surface area contributed by atoms with E-state index in [-0.39, 0.29) is 23.9 Å². The van der Waals surface area contributed by atoms with Crippen molar-refractivity contribution in [3.05, 3.63) is 88.4 Å². The molecule has 4 rings (SSSR count). The number of carbonyl (C=O) groups is 5. The summed E-state index contributed by atoms with van der Waals surface area (Å²) in [6, 6.07) is 19.2. The molecule has 242 valence electrons. The van der Waals surface area contributed by atoms with Crippen LogP contribution in [0.15, 0.2) is 66.7 Å². The minimum atomic E-state index is -1.63. The molecule has 4 unspecified atom stereocenters. The highest BCUT2D eigenvalue weighted by Crippen LogP contribution is 2.33. The van der Waals surface area contributed by atoms with Gasteiger partial charge in [0.15, 0.2) is 18.1 Å². The highest BCUT2D eigenvalue weighted by atomic mass is 35.5. The zero-order valence-corrected chi connectivity index (χ0v) is 27.2. The Bertz CT molecular complexity index is 1630. The van der Waals surface area contributed by atoms with Crippen molar-refractivity contribution in [2.75, 3.05) is 17.2 Å². The van der Waals surface area contributed by atoms with Crippen LogP contribution in [0.5, 0.6) is 5.75 Å². The maximum absolute atomic E-state index is 13.6. The van der Waals surface area contributed by atoms with Crippen LogP contribution in [0.4, 0.5) is 11.4 Å². The smallest absolute Gasteiger partial charge is 0.265 e. The zero-order chi connectivity index (χ0) is 33.5. The summed E-state index contributed by atoms with van der Waals surface area (Å²) in [5.41, 5.74) is 3.13. The van der Waals surface area contributed by atoms with Crippen molar-refractivity contribution < 1.29 is 33.4 Å². The lowest BCUT2D eigenvalue weighted by Crippen LogP contribution is -2.41. The Hall–Kier alpha value is -4.54. The molecule has 1 heterocycles. The Morgan fingerprint density at radius 2 is 1.65 bits per heavy atom. The van der Waals surface area contributed by atoms with Gasteiger partial charge in [0.25, 0.3) is 5.91 Å². The Labute approximate surface area is 273 Å². The largest absolute Gasteiger partial charge is 0.480 e. The van der Waals surface area contributed by atoms with Gasteiger partial charge in [0.1, 0.15) is 23.4 Å². The van der Waals surface area contributed by atoms with Gasteiger partial charge in [0.2, 0.25) is 11.8 Å². The van der Waals surface area contributed by atoms with Crippen LogP contribution in [-0.4, -0.2) is 53.1 Å². The first-order valence-electron chi connectivity index (χ1n) is 15.1. The van der Waals surface area contributed by atoms with Crippen molar-refractivity contribution in [1.29, 1.82) is 0 Å². The van der Waals surface area contributed by atoms with Crippen LogP contribution in [0.1, 0.15) is 43.9 Å². The number of nitrogens with one attached hydrogen (secondary N) is 2. The second-order valence-electron chi connectivity index (χ2n) is 11.2. The normalized spacial score (nSPS) is 17.4. The van der Waals surface area contributed by atoms with E-state index in [0.29, 0.717) is 17.9 Å². The Morgan fingerprint density at radius 3 is 2.28 bits per heavy atom. The number of anilines is 2. The van der Waals surface area contributed by atoms with E-state index in [2.05, 4.69) is 10.6 Å². The number of nitrogens with zero attached hydrogens (tertiary/aromatic N) is 1. The first-order valence-corrected chi connectivity index (χ1v) is 15.5. The van der Waals surface area contributed by atoms with E-state index in [1.165, 1.54) is 17.0 Å². The van der Waals surface area contributed by atoms with E-state index < -0.39 is 53.5 Å². The van der Waals surface area contributed by atoms with Gasteiger partial charge in [-0.05, 0) is 69.5 Å².